The van der Waals surface area contributed by atoms with Crippen LogP contribution in [-0.2, 0) is 57.9 Å². The summed E-state index contributed by atoms with van der Waals surface area (Å²) in [6.07, 6.45) is 4.94. The van der Waals surface area contributed by atoms with Crippen LogP contribution in [0.1, 0.15) is 100 Å². The van der Waals surface area contributed by atoms with Gasteiger partial charge in [0.1, 0.15) is 37.1 Å². The topological polar surface area (TPSA) is 292 Å². The molecule has 0 aromatic heterocycles. The van der Waals surface area contributed by atoms with Crippen molar-refractivity contribution in [2.75, 3.05) is 19.7 Å². The number of nitrogens with one attached hydrogen (secondary N) is 5. The van der Waals surface area contributed by atoms with Crippen LogP contribution in [0, 0.1) is 33.3 Å². The molecular weight excluding hydrogens is 917 g/mol. The molecule has 20 heteroatoms. The van der Waals surface area contributed by atoms with Crippen molar-refractivity contribution >= 4 is 41.5 Å². The first kappa shape index (κ1) is 53.3. The molecule has 0 unspecified atom stereocenters. The lowest BCUT2D eigenvalue weighted by Gasteiger charge is -2.50. The fraction of sp³-hybridized carbons (Fsp3) is 0.510. The number of aliphatic hydroxyl groups excluding tert-OH is 1. The van der Waals surface area contributed by atoms with Gasteiger partial charge in [0.05, 0.1) is 19.1 Å². The quantitative estimate of drug-likeness (QED) is 0.0179. The molecule has 3 aromatic carbocycles. The highest BCUT2D eigenvalue weighted by atomic mass is 16.7. The summed E-state index contributed by atoms with van der Waals surface area (Å²) >= 11 is 0. The maximum Gasteiger partial charge on any atom is 0.329 e. The van der Waals surface area contributed by atoms with Crippen LogP contribution in [0.2, 0.25) is 0 Å². The zero-order valence-corrected chi connectivity index (χ0v) is 40.4. The summed E-state index contributed by atoms with van der Waals surface area (Å²) in [5.41, 5.74) is 11.1. The van der Waals surface area contributed by atoms with Crippen LogP contribution < -0.4 is 37.2 Å². The number of nitro groups is 1. The number of nitrogens with two attached hydrogens (primary N) is 1. The van der Waals surface area contributed by atoms with E-state index in [1.165, 1.54) is 5.56 Å². The number of ether oxygens (including phenoxy) is 3. The van der Waals surface area contributed by atoms with Crippen LogP contribution in [0.15, 0.2) is 83.9 Å². The number of guanidine groups is 1. The molecule has 0 heterocycles. The second-order valence-corrected chi connectivity index (χ2v) is 19.1. The van der Waals surface area contributed by atoms with Crippen LogP contribution >= 0.6 is 0 Å². The van der Waals surface area contributed by atoms with Crippen LogP contribution in [0.5, 0.6) is 5.75 Å². The number of nitrogens with zero attached hydrogens (tertiary/aromatic N) is 2. The van der Waals surface area contributed by atoms with E-state index in [9.17, 15) is 44.0 Å². The van der Waals surface area contributed by atoms with E-state index in [0.717, 1.165) is 49.7 Å². The Morgan fingerprint density at radius 3 is 2.21 bits per heavy atom. The summed E-state index contributed by atoms with van der Waals surface area (Å²) in [5.74, 6) is -3.82. The van der Waals surface area contributed by atoms with Crippen LogP contribution in [0.4, 0.5) is 0 Å². The molecule has 6 rings (SSSR count). The van der Waals surface area contributed by atoms with Gasteiger partial charge in [-0.2, -0.15) is 0 Å². The number of aryl methyl sites for hydroxylation is 1. The van der Waals surface area contributed by atoms with Gasteiger partial charge < -0.3 is 46.3 Å². The predicted molar refractivity (Wildman–Crippen MR) is 259 cm³/mol. The molecule has 382 valence electrons. The monoisotopic (exact) mass is 982 g/mol. The highest BCUT2D eigenvalue weighted by Gasteiger charge is 2.54. The van der Waals surface area contributed by atoms with Crippen molar-refractivity contribution in [2.45, 2.75) is 122 Å². The largest absolute Gasteiger partial charge is 0.484 e. The smallest absolute Gasteiger partial charge is 0.329 e. The number of hydrogen-bond donors (Lipinski definition) is 7. The molecular formula is C51H66N8O12. The van der Waals surface area contributed by atoms with Gasteiger partial charge in [-0.1, -0.05) is 92.9 Å². The fourth-order valence-corrected chi connectivity index (χ4v) is 10.2. The van der Waals surface area contributed by atoms with Gasteiger partial charge in [-0.15, -0.1) is 0 Å². The maximum absolute atomic E-state index is 13.8. The lowest BCUT2D eigenvalue weighted by Crippen LogP contribution is -2.56. The number of benzene rings is 3. The van der Waals surface area contributed by atoms with Gasteiger partial charge in [-0.3, -0.25) is 24.0 Å². The molecule has 8 N–H and O–H groups in total. The number of hydrazine groups is 1. The third-order valence-electron chi connectivity index (χ3n) is 13.9. The van der Waals surface area contributed by atoms with Crippen molar-refractivity contribution in [2.24, 2.45) is 33.9 Å². The molecule has 71 heavy (non-hydrogen) atoms. The first-order valence-corrected chi connectivity index (χ1v) is 24.2. The first-order chi connectivity index (χ1) is 34.0. The Morgan fingerprint density at radius 2 is 1.54 bits per heavy atom. The first-order valence-electron chi connectivity index (χ1n) is 24.2. The summed E-state index contributed by atoms with van der Waals surface area (Å²) in [5, 5.41) is 30.8. The van der Waals surface area contributed by atoms with Crippen molar-refractivity contribution < 1.29 is 53.1 Å². The minimum Gasteiger partial charge on any atom is -0.484 e. The number of amides is 4. The lowest BCUT2D eigenvalue weighted by atomic mass is 9.55. The molecule has 0 saturated heterocycles. The standard InChI is InChI=1S/C51H66N8O12/c1-31(2)46(49(66)71-29-33-13-8-5-9-14-33)57-48(65)41(26-45(63)70-28-32-11-6-4-7-12-32)56-43(61)27-54-47(64)40(15-10-24-53-50(52)58-59(67)68)55-44(62)30-69-35-17-19-36-34(25-35)16-18-38-37(36)22-23-51(3)39(38)20-21-42(51)60/h4-9,11-14,17,19,25,31,37-42,46,60H,10,15-16,18,20-24,26-30H2,1-3H3,(H,54,64)(H,55,62)(H,56,61)(H,57,65)(H3,52,53,58)/t37-,38-,39+,40+,41-,42+,46+,51+/m1/s1. The number of carbonyl (C=O) groups excluding carboxylic acids is 6. The summed E-state index contributed by atoms with van der Waals surface area (Å²) in [4.78, 5) is 95.2. The molecule has 2 fully saturated rings. The summed E-state index contributed by atoms with van der Waals surface area (Å²) in [7, 11) is 0. The van der Waals surface area contributed by atoms with Crippen molar-refractivity contribution in [3.05, 3.63) is 111 Å². The zero-order valence-electron chi connectivity index (χ0n) is 40.4. The minimum absolute atomic E-state index is 0.0345. The van der Waals surface area contributed by atoms with Gasteiger partial charge in [0.15, 0.2) is 11.6 Å². The Balaban J connectivity index is 1.07. The molecule has 3 aliphatic carbocycles. The predicted octanol–water partition coefficient (Wildman–Crippen LogP) is 3.26. The van der Waals surface area contributed by atoms with Gasteiger partial charge >= 0.3 is 11.9 Å². The summed E-state index contributed by atoms with van der Waals surface area (Å²) in [6, 6.07) is 19.6. The Hall–Kier alpha value is -7.09. The van der Waals surface area contributed by atoms with E-state index in [4.69, 9.17) is 19.9 Å². The van der Waals surface area contributed by atoms with Gasteiger partial charge in [-0.25, -0.2) is 19.9 Å². The molecule has 3 aliphatic rings. The molecule has 0 spiro atoms. The van der Waals surface area contributed by atoms with E-state index in [1.807, 2.05) is 18.2 Å². The minimum atomic E-state index is -1.56. The number of esters is 2. The van der Waals surface area contributed by atoms with E-state index in [-0.39, 0.29) is 44.1 Å². The van der Waals surface area contributed by atoms with Crippen molar-refractivity contribution in [1.29, 1.82) is 0 Å². The van der Waals surface area contributed by atoms with E-state index in [1.54, 1.807) is 73.9 Å². The van der Waals surface area contributed by atoms with Crippen LogP contribution in [-0.4, -0.2) is 95.6 Å². The van der Waals surface area contributed by atoms with Crippen molar-refractivity contribution in [3.8, 4) is 5.75 Å². The normalized spacial score (nSPS) is 21.4. The van der Waals surface area contributed by atoms with E-state index in [0.29, 0.717) is 29.1 Å². The molecule has 3 aromatic rings. The third kappa shape index (κ3) is 15.0. The lowest BCUT2D eigenvalue weighted by molar-refractivity contribution is -0.525. The second-order valence-electron chi connectivity index (χ2n) is 19.1. The number of fused-ring (bicyclic) bond motifs is 5. The van der Waals surface area contributed by atoms with Gasteiger partial charge in [0.2, 0.25) is 17.7 Å². The number of hydrogen-bond acceptors (Lipinski definition) is 13. The molecule has 0 aliphatic heterocycles. The second kappa shape index (κ2) is 25.2. The van der Waals surface area contributed by atoms with Gasteiger partial charge in [0, 0.05) is 6.54 Å². The molecule has 8 atom stereocenters. The number of carbonyl (C=O) groups is 6. The summed E-state index contributed by atoms with van der Waals surface area (Å²) in [6.45, 7) is 4.25. The van der Waals surface area contributed by atoms with Gasteiger partial charge in [-0.05, 0) is 115 Å². The summed E-state index contributed by atoms with van der Waals surface area (Å²) < 4.78 is 16.8. The maximum atomic E-state index is 13.8. The fourth-order valence-electron chi connectivity index (χ4n) is 10.2. The Bertz CT molecular complexity index is 2390. The molecule has 4 amide bonds. The molecule has 0 radical (unpaired) electrons. The van der Waals surface area contributed by atoms with Crippen molar-refractivity contribution in [1.82, 2.24) is 26.7 Å². The van der Waals surface area contributed by atoms with E-state index >= 15 is 0 Å². The Kier molecular flexibility index (Phi) is 18.9. The molecule has 20 nitrogen and oxygen atoms in total. The Labute approximate surface area is 412 Å². The molecule has 0 bridgehead atoms. The molecule has 2 saturated carbocycles. The number of aliphatic hydroxyl groups is 1. The van der Waals surface area contributed by atoms with Crippen LogP contribution in [0.3, 0.4) is 0 Å². The van der Waals surface area contributed by atoms with Crippen molar-refractivity contribution in [3.63, 3.8) is 0 Å². The Morgan fingerprint density at radius 1 is 0.859 bits per heavy atom. The van der Waals surface area contributed by atoms with Crippen LogP contribution in [0.25, 0.3) is 0 Å². The zero-order chi connectivity index (χ0) is 51.1. The van der Waals surface area contributed by atoms with E-state index < -0.39 is 90.2 Å². The third-order valence-corrected chi connectivity index (χ3v) is 13.9. The number of aliphatic imine (C=N–C) groups is 1. The average molecular weight is 983 g/mol. The average Bonchev–Trinajstić information content (AvgIpc) is 3.66. The SMILES string of the molecule is CC(C)[C@H](NC(=O)[C@@H](CC(=O)OCc1ccccc1)NC(=O)CNC(=O)[C@H](CCCN=C(N)N[N+](=O)[O-])NC(=O)COc1ccc2c(c1)CC[C@@H]1[C@@H]2CC[C@]2(C)[C@@H](O)CC[C@@H]12)C(=O)OCc1ccccc1. The van der Waals surface area contributed by atoms with Gasteiger partial charge in [0.25, 0.3) is 11.9 Å². The highest BCUT2D eigenvalue weighted by molar-refractivity contribution is 5.95. The highest BCUT2D eigenvalue weighted by Crippen LogP contribution is 2.61. The van der Waals surface area contributed by atoms with E-state index in [2.05, 4.69) is 39.2 Å². The number of rotatable bonds is 23.